The molecule has 0 aromatic rings. The quantitative estimate of drug-likeness (QED) is 0.785. The van der Waals surface area contributed by atoms with Crippen LogP contribution in [0.1, 0.15) is 47.5 Å². The van der Waals surface area contributed by atoms with Gasteiger partial charge < -0.3 is 10.2 Å². The highest BCUT2D eigenvalue weighted by molar-refractivity contribution is 4.82. The fraction of sp³-hybridized carbons (Fsp3) is 1.00. The molecule has 1 saturated heterocycles. The molecule has 1 unspecified atom stereocenters. The Morgan fingerprint density at radius 3 is 2.22 bits per heavy atom. The highest BCUT2D eigenvalue weighted by atomic mass is 15.3. The van der Waals surface area contributed by atoms with E-state index in [-0.39, 0.29) is 0 Å². The van der Waals surface area contributed by atoms with Gasteiger partial charge in [0.2, 0.25) is 0 Å². The van der Waals surface area contributed by atoms with Crippen molar-refractivity contribution in [1.82, 2.24) is 15.1 Å². The second-order valence-corrected chi connectivity index (χ2v) is 6.64. The molecule has 18 heavy (non-hydrogen) atoms. The topological polar surface area (TPSA) is 18.5 Å². The van der Waals surface area contributed by atoms with Crippen molar-refractivity contribution in [3.8, 4) is 0 Å². The van der Waals surface area contributed by atoms with E-state index in [2.05, 4.69) is 49.7 Å². The van der Waals surface area contributed by atoms with Crippen LogP contribution in [0.25, 0.3) is 0 Å². The molecule has 1 fully saturated rings. The summed E-state index contributed by atoms with van der Waals surface area (Å²) in [5.41, 5.74) is 0.335. The number of rotatable bonds is 6. The lowest BCUT2D eigenvalue weighted by Crippen LogP contribution is -2.53. The molecule has 3 heteroatoms. The molecule has 1 aliphatic heterocycles. The van der Waals surface area contributed by atoms with E-state index in [1.807, 2.05) is 0 Å². The van der Waals surface area contributed by atoms with E-state index in [1.54, 1.807) is 0 Å². The normalized spacial score (nSPS) is 21.2. The van der Waals surface area contributed by atoms with Gasteiger partial charge in [-0.1, -0.05) is 6.92 Å². The van der Waals surface area contributed by atoms with Crippen molar-refractivity contribution >= 4 is 0 Å². The van der Waals surface area contributed by atoms with Gasteiger partial charge in [0.1, 0.15) is 0 Å². The molecular weight excluding hydrogens is 222 g/mol. The zero-order chi connectivity index (χ0) is 13.6. The van der Waals surface area contributed by atoms with Crippen LogP contribution in [0.3, 0.4) is 0 Å². The van der Waals surface area contributed by atoms with E-state index < -0.39 is 0 Å². The van der Waals surface area contributed by atoms with Crippen molar-refractivity contribution in [2.75, 3.05) is 39.3 Å². The first-order chi connectivity index (χ1) is 8.43. The molecule has 0 amide bonds. The summed E-state index contributed by atoms with van der Waals surface area (Å²) in [6.45, 7) is 18.8. The van der Waals surface area contributed by atoms with E-state index in [0.717, 1.165) is 6.54 Å². The molecule has 0 aromatic carbocycles. The minimum absolute atomic E-state index is 0.335. The van der Waals surface area contributed by atoms with Gasteiger partial charge in [-0.3, -0.25) is 4.90 Å². The van der Waals surface area contributed by atoms with Gasteiger partial charge >= 0.3 is 0 Å². The van der Waals surface area contributed by atoms with Gasteiger partial charge in [0.05, 0.1) is 0 Å². The Morgan fingerprint density at radius 2 is 1.72 bits per heavy atom. The van der Waals surface area contributed by atoms with Crippen LogP contribution in [0, 0.1) is 0 Å². The second-order valence-electron chi connectivity index (χ2n) is 6.64. The average Bonchev–Trinajstić information content (AvgIpc) is 2.33. The van der Waals surface area contributed by atoms with Gasteiger partial charge in [-0.25, -0.2) is 0 Å². The van der Waals surface area contributed by atoms with E-state index in [0.29, 0.717) is 11.6 Å². The first kappa shape index (κ1) is 15.9. The largest absolute Gasteiger partial charge is 0.314 e. The maximum atomic E-state index is 3.57. The molecule has 0 aromatic heterocycles. The second kappa shape index (κ2) is 7.46. The molecule has 1 rings (SSSR count). The lowest BCUT2D eigenvalue weighted by atomic mass is 10.0. The highest BCUT2D eigenvalue weighted by Gasteiger charge is 2.25. The van der Waals surface area contributed by atoms with Gasteiger partial charge in [-0.05, 0) is 53.6 Å². The van der Waals surface area contributed by atoms with Crippen LogP contribution >= 0.6 is 0 Å². The summed E-state index contributed by atoms with van der Waals surface area (Å²) >= 11 is 0. The predicted molar refractivity (Wildman–Crippen MR) is 80.1 cm³/mol. The SMILES string of the molecule is CCCNC(C)CCN1CCN(C(C)(C)C)CC1. The van der Waals surface area contributed by atoms with Gasteiger partial charge in [-0.2, -0.15) is 0 Å². The first-order valence-electron chi connectivity index (χ1n) is 7.64. The molecule has 0 aliphatic carbocycles. The van der Waals surface area contributed by atoms with Crippen LogP contribution in [-0.4, -0.2) is 60.6 Å². The average molecular weight is 255 g/mol. The molecular formula is C15H33N3. The van der Waals surface area contributed by atoms with Crippen molar-refractivity contribution < 1.29 is 0 Å². The summed E-state index contributed by atoms with van der Waals surface area (Å²) < 4.78 is 0. The van der Waals surface area contributed by atoms with Crippen molar-refractivity contribution in [2.45, 2.75) is 59.0 Å². The fourth-order valence-electron chi connectivity index (χ4n) is 2.51. The van der Waals surface area contributed by atoms with Crippen LogP contribution in [0.5, 0.6) is 0 Å². The third-order valence-electron chi connectivity index (χ3n) is 3.94. The standard InChI is InChI=1S/C15H33N3/c1-6-8-16-14(2)7-9-17-10-12-18(13-11-17)15(3,4)5/h14,16H,6-13H2,1-5H3. The van der Waals surface area contributed by atoms with E-state index >= 15 is 0 Å². The third-order valence-corrected chi connectivity index (χ3v) is 3.94. The van der Waals surface area contributed by atoms with Crippen molar-refractivity contribution in [3.05, 3.63) is 0 Å². The van der Waals surface area contributed by atoms with E-state index in [1.165, 1.54) is 45.6 Å². The number of hydrogen-bond donors (Lipinski definition) is 1. The summed E-state index contributed by atoms with van der Waals surface area (Å²) in [6, 6.07) is 0.658. The highest BCUT2D eigenvalue weighted by Crippen LogP contribution is 2.15. The number of piperazine rings is 1. The van der Waals surface area contributed by atoms with Crippen molar-refractivity contribution in [2.24, 2.45) is 0 Å². The van der Waals surface area contributed by atoms with Crippen molar-refractivity contribution in [1.29, 1.82) is 0 Å². The molecule has 1 heterocycles. The molecule has 1 atom stereocenters. The molecule has 0 radical (unpaired) electrons. The lowest BCUT2D eigenvalue weighted by molar-refractivity contribution is 0.0608. The first-order valence-corrected chi connectivity index (χ1v) is 7.64. The molecule has 0 spiro atoms. The van der Waals surface area contributed by atoms with Crippen molar-refractivity contribution in [3.63, 3.8) is 0 Å². The Morgan fingerprint density at radius 1 is 1.11 bits per heavy atom. The Labute approximate surface area is 114 Å². The predicted octanol–water partition coefficient (Wildman–Crippen LogP) is 2.18. The maximum absolute atomic E-state index is 3.57. The number of nitrogens with one attached hydrogen (secondary N) is 1. The summed E-state index contributed by atoms with van der Waals surface area (Å²) in [4.78, 5) is 5.22. The monoisotopic (exact) mass is 255 g/mol. The minimum Gasteiger partial charge on any atom is -0.314 e. The third kappa shape index (κ3) is 5.68. The van der Waals surface area contributed by atoms with Crippen LogP contribution < -0.4 is 5.32 Å². The molecule has 0 bridgehead atoms. The minimum atomic E-state index is 0.335. The molecule has 3 nitrogen and oxygen atoms in total. The van der Waals surface area contributed by atoms with E-state index in [9.17, 15) is 0 Å². The van der Waals surface area contributed by atoms with Gasteiger partial charge in [0, 0.05) is 37.8 Å². The summed E-state index contributed by atoms with van der Waals surface area (Å²) in [5, 5.41) is 3.57. The van der Waals surface area contributed by atoms with E-state index in [4.69, 9.17) is 0 Å². The van der Waals surface area contributed by atoms with Crippen LogP contribution in [0.2, 0.25) is 0 Å². The number of hydrogen-bond acceptors (Lipinski definition) is 3. The van der Waals surface area contributed by atoms with Crippen LogP contribution in [0.4, 0.5) is 0 Å². The Hall–Kier alpha value is -0.120. The molecule has 1 aliphatic rings. The molecule has 0 saturated carbocycles. The summed E-state index contributed by atoms with van der Waals surface area (Å²) in [6.07, 6.45) is 2.50. The Balaban J connectivity index is 2.16. The number of nitrogens with zero attached hydrogens (tertiary/aromatic N) is 2. The Bertz CT molecular complexity index is 214. The lowest BCUT2D eigenvalue weighted by Gasteiger charge is -2.42. The van der Waals surface area contributed by atoms with Gasteiger partial charge in [-0.15, -0.1) is 0 Å². The van der Waals surface area contributed by atoms with Crippen LogP contribution in [0.15, 0.2) is 0 Å². The van der Waals surface area contributed by atoms with Gasteiger partial charge in [0.25, 0.3) is 0 Å². The van der Waals surface area contributed by atoms with Crippen LogP contribution in [-0.2, 0) is 0 Å². The smallest absolute Gasteiger partial charge is 0.0126 e. The fourth-order valence-corrected chi connectivity index (χ4v) is 2.51. The Kier molecular flexibility index (Phi) is 6.61. The zero-order valence-corrected chi connectivity index (χ0v) is 13.1. The van der Waals surface area contributed by atoms with Gasteiger partial charge in [0.15, 0.2) is 0 Å². The molecule has 1 N–H and O–H groups in total. The zero-order valence-electron chi connectivity index (χ0n) is 13.1. The maximum Gasteiger partial charge on any atom is 0.0126 e. The molecule has 108 valence electrons. The summed E-state index contributed by atoms with van der Waals surface area (Å²) in [7, 11) is 0. The summed E-state index contributed by atoms with van der Waals surface area (Å²) in [5.74, 6) is 0.